The summed E-state index contributed by atoms with van der Waals surface area (Å²) in [5.41, 5.74) is 1.67. The summed E-state index contributed by atoms with van der Waals surface area (Å²) in [6, 6.07) is 9.94. The lowest BCUT2D eigenvalue weighted by Crippen LogP contribution is -2.48. The van der Waals surface area contributed by atoms with Crippen molar-refractivity contribution < 1.29 is 19.1 Å². The maximum absolute atomic E-state index is 12.6. The minimum atomic E-state index is -0.389. The van der Waals surface area contributed by atoms with E-state index >= 15 is 0 Å². The van der Waals surface area contributed by atoms with Gasteiger partial charge in [-0.25, -0.2) is 4.79 Å². The summed E-state index contributed by atoms with van der Waals surface area (Å²) in [6.45, 7) is 8.75. The molecule has 1 aromatic carbocycles. The van der Waals surface area contributed by atoms with Gasteiger partial charge in [0, 0.05) is 37.6 Å². The molecule has 0 unspecified atom stereocenters. The van der Waals surface area contributed by atoms with E-state index in [0.29, 0.717) is 23.7 Å². The molecule has 1 aliphatic heterocycles. The number of carbonyl (C=O) groups is 2. The van der Waals surface area contributed by atoms with E-state index in [1.165, 1.54) is 16.9 Å². The SMILES string of the molecule is CCOC(=O)c1cc(CC)sc1NC(=O)CN1CCN(Cc2cccc(OC)c2)CC1. The van der Waals surface area contributed by atoms with Gasteiger partial charge in [-0.1, -0.05) is 19.1 Å². The van der Waals surface area contributed by atoms with Crippen molar-refractivity contribution in [2.45, 2.75) is 26.8 Å². The number of thiophene rings is 1. The van der Waals surface area contributed by atoms with Crippen LogP contribution in [0.15, 0.2) is 30.3 Å². The number of hydrogen-bond donors (Lipinski definition) is 1. The second-order valence-electron chi connectivity index (χ2n) is 7.48. The van der Waals surface area contributed by atoms with Crippen molar-refractivity contribution in [2.24, 2.45) is 0 Å². The van der Waals surface area contributed by atoms with Crippen molar-refractivity contribution in [2.75, 3.05) is 51.8 Å². The zero-order valence-electron chi connectivity index (χ0n) is 18.5. The van der Waals surface area contributed by atoms with Crippen LogP contribution >= 0.6 is 11.3 Å². The minimum absolute atomic E-state index is 0.101. The third kappa shape index (κ3) is 6.53. The molecule has 31 heavy (non-hydrogen) atoms. The van der Waals surface area contributed by atoms with Crippen molar-refractivity contribution in [1.82, 2.24) is 9.80 Å². The lowest BCUT2D eigenvalue weighted by Gasteiger charge is -2.34. The lowest BCUT2D eigenvalue weighted by atomic mass is 10.2. The molecule has 1 N–H and O–H groups in total. The predicted octanol–water partition coefficient (Wildman–Crippen LogP) is 3.25. The highest BCUT2D eigenvalue weighted by Gasteiger charge is 2.22. The van der Waals surface area contributed by atoms with Gasteiger partial charge in [-0.3, -0.25) is 14.6 Å². The number of amides is 1. The Kier molecular flexibility index (Phi) is 8.45. The molecule has 2 aromatic rings. The quantitative estimate of drug-likeness (QED) is 0.598. The van der Waals surface area contributed by atoms with Gasteiger partial charge < -0.3 is 14.8 Å². The molecular weight excluding hydrogens is 414 g/mol. The normalized spacial score (nSPS) is 14.9. The zero-order valence-corrected chi connectivity index (χ0v) is 19.3. The summed E-state index contributed by atoms with van der Waals surface area (Å²) in [4.78, 5) is 30.4. The van der Waals surface area contributed by atoms with Gasteiger partial charge in [0.15, 0.2) is 0 Å². The number of nitrogens with one attached hydrogen (secondary N) is 1. The third-order valence-corrected chi connectivity index (χ3v) is 6.45. The molecule has 3 rings (SSSR count). The van der Waals surface area contributed by atoms with Gasteiger partial charge in [0.2, 0.25) is 5.91 Å². The monoisotopic (exact) mass is 445 g/mol. The van der Waals surface area contributed by atoms with Crippen LogP contribution in [0.2, 0.25) is 0 Å². The highest BCUT2D eigenvalue weighted by atomic mass is 32.1. The summed E-state index contributed by atoms with van der Waals surface area (Å²) in [5, 5.41) is 3.51. The number of carbonyl (C=O) groups excluding carboxylic acids is 2. The van der Waals surface area contributed by atoms with Crippen LogP contribution in [-0.2, 0) is 22.5 Å². The fraction of sp³-hybridized carbons (Fsp3) is 0.478. The molecule has 0 aliphatic carbocycles. The molecule has 1 saturated heterocycles. The first-order chi connectivity index (χ1) is 15.0. The van der Waals surface area contributed by atoms with E-state index in [1.807, 2.05) is 25.1 Å². The van der Waals surface area contributed by atoms with E-state index < -0.39 is 0 Å². The number of methoxy groups -OCH3 is 1. The molecule has 0 bridgehead atoms. The number of nitrogens with zero attached hydrogens (tertiary/aromatic N) is 2. The summed E-state index contributed by atoms with van der Waals surface area (Å²) in [7, 11) is 1.68. The molecule has 0 saturated carbocycles. The largest absolute Gasteiger partial charge is 0.497 e. The van der Waals surface area contributed by atoms with Crippen molar-refractivity contribution in [1.29, 1.82) is 0 Å². The molecule has 168 valence electrons. The zero-order chi connectivity index (χ0) is 22.2. The van der Waals surface area contributed by atoms with Crippen molar-refractivity contribution >= 4 is 28.2 Å². The smallest absolute Gasteiger partial charge is 0.341 e. The molecule has 0 atom stereocenters. The van der Waals surface area contributed by atoms with Gasteiger partial charge in [0.05, 0.1) is 25.8 Å². The van der Waals surface area contributed by atoms with E-state index in [-0.39, 0.29) is 11.9 Å². The van der Waals surface area contributed by atoms with Gasteiger partial charge in [0.1, 0.15) is 10.8 Å². The average molecular weight is 446 g/mol. The number of anilines is 1. The molecule has 1 fully saturated rings. The van der Waals surface area contributed by atoms with Gasteiger partial charge >= 0.3 is 5.97 Å². The summed E-state index contributed by atoms with van der Waals surface area (Å²) >= 11 is 1.44. The Balaban J connectivity index is 1.50. The molecule has 0 spiro atoms. The highest BCUT2D eigenvalue weighted by molar-refractivity contribution is 7.16. The summed E-state index contributed by atoms with van der Waals surface area (Å²) < 4.78 is 10.4. The van der Waals surface area contributed by atoms with Crippen molar-refractivity contribution in [3.05, 3.63) is 46.3 Å². The van der Waals surface area contributed by atoms with Gasteiger partial charge in [-0.05, 0) is 37.1 Å². The Bertz CT molecular complexity index is 891. The van der Waals surface area contributed by atoms with Crippen LogP contribution in [0.3, 0.4) is 0 Å². The lowest BCUT2D eigenvalue weighted by molar-refractivity contribution is -0.117. The van der Waals surface area contributed by atoms with Gasteiger partial charge in [-0.2, -0.15) is 0 Å². The number of hydrogen-bond acceptors (Lipinski definition) is 7. The molecule has 8 heteroatoms. The first kappa shape index (κ1) is 23.2. The maximum Gasteiger partial charge on any atom is 0.341 e. The van der Waals surface area contributed by atoms with Crippen molar-refractivity contribution in [3.63, 3.8) is 0 Å². The fourth-order valence-electron chi connectivity index (χ4n) is 3.57. The highest BCUT2D eigenvalue weighted by Crippen LogP contribution is 2.29. The standard InChI is InChI=1S/C23H31N3O4S/c1-4-19-14-20(23(28)30-5-2)22(31-19)24-21(27)16-26-11-9-25(10-12-26)15-17-7-6-8-18(13-17)29-3/h6-8,13-14H,4-5,9-12,15-16H2,1-3H3,(H,24,27). The Morgan fingerprint density at radius 2 is 1.84 bits per heavy atom. The number of piperazine rings is 1. The molecule has 1 amide bonds. The van der Waals surface area contributed by atoms with Crippen LogP contribution in [-0.4, -0.2) is 68.1 Å². The fourth-order valence-corrected chi connectivity index (χ4v) is 4.57. The minimum Gasteiger partial charge on any atom is -0.497 e. The van der Waals surface area contributed by atoms with Crippen LogP contribution in [0.5, 0.6) is 5.75 Å². The first-order valence-corrected chi connectivity index (χ1v) is 11.5. The molecule has 1 aromatic heterocycles. The summed E-state index contributed by atoms with van der Waals surface area (Å²) in [5.74, 6) is 0.381. The Morgan fingerprint density at radius 3 is 2.52 bits per heavy atom. The Labute approximate surface area is 187 Å². The second kappa shape index (κ2) is 11.3. The van der Waals surface area contributed by atoms with Crippen molar-refractivity contribution in [3.8, 4) is 5.75 Å². The predicted molar refractivity (Wildman–Crippen MR) is 123 cm³/mol. The number of esters is 1. The number of rotatable bonds is 9. The number of benzene rings is 1. The van der Waals surface area contributed by atoms with E-state index in [1.54, 1.807) is 14.0 Å². The van der Waals surface area contributed by atoms with E-state index in [9.17, 15) is 9.59 Å². The molecule has 1 aliphatic rings. The van der Waals surface area contributed by atoms with Crippen LogP contribution < -0.4 is 10.1 Å². The third-order valence-electron chi connectivity index (χ3n) is 5.25. The van der Waals surface area contributed by atoms with Crippen LogP contribution in [0.4, 0.5) is 5.00 Å². The second-order valence-corrected chi connectivity index (χ2v) is 8.62. The van der Waals surface area contributed by atoms with Gasteiger partial charge in [0.25, 0.3) is 0 Å². The topological polar surface area (TPSA) is 71.1 Å². The number of aryl methyl sites for hydroxylation is 1. The molecule has 0 radical (unpaired) electrons. The Hall–Kier alpha value is -2.42. The number of ether oxygens (including phenoxy) is 2. The summed E-state index contributed by atoms with van der Waals surface area (Å²) in [6.07, 6.45) is 0.808. The Morgan fingerprint density at radius 1 is 1.10 bits per heavy atom. The maximum atomic E-state index is 12.6. The van der Waals surface area contributed by atoms with E-state index in [4.69, 9.17) is 9.47 Å². The van der Waals surface area contributed by atoms with E-state index in [2.05, 4.69) is 27.2 Å². The van der Waals surface area contributed by atoms with Crippen LogP contribution in [0, 0.1) is 0 Å². The first-order valence-electron chi connectivity index (χ1n) is 10.7. The average Bonchev–Trinajstić information content (AvgIpc) is 3.18. The molecular formula is C23H31N3O4S. The van der Waals surface area contributed by atoms with Gasteiger partial charge in [-0.15, -0.1) is 11.3 Å². The van der Waals surface area contributed by atoms with Crippen LogP contribution in [0.1, 0.15) is 34.6 Å². The molecule has 7 nitrogen and oxygen atoms in total. The van der Waals surface area contributed by atoms with E-state index in [0.717, 1.165) is 49.8 Å². The van der Waals surface area contributed by atoms with Crippen LogP contribution in [0.25, 0.3) is 0 Å². The molecule has 2 heterocycles.